The molecule has 0 fully saturated rings. The first-order valence-electron chi connectivity index (χ1n) is 8.72. The summed E-state index contributed by atoms with van der Waals surface area (Å²) >= 11 is 0. The number of nitrogens with one attached hydrogen (secondary N) is 1. The molecule has 0 saturated heterocycles. The summed E-state index contributed by atoms with van der Waals surface area (Å²) in [4.78, 5) is 20.6. The van der Waals surface area contributed by atoms with Crippen LogP contribution in [0.5, 0.6) is 0 Å². The monoisotopic (exact) mass is 371 g/mol. The molecule has 0 bridgehead atoms. The Kier molecular flexibility index (Phi) is 3.72. The maximum atomic E-state index is 14.9. The molecule has 6 nitrogen and oxygen atoms in total. The van der Waals surface area contributed by atoms with Gasteiger partial charge in [-0.1, -0.05) is 24.3 Å². The van der Waals surface area contributed by atoms with Crippen molar-refractivity contribution >= 4 is 22.1 Å². The van der Waals surface area contributed by atoms with E-state index in [4.69, 9.17) is 0 Å². The zero-order valence-corrected chi connectivity index (χ0v) is 14.6. The zero-order chi connectivity index (χ0) is 19.1. The van der Waals surface area contributed by atoms with E-state index < -0.39 is 0 Å². The van der Waals surface area contributed by atoms with Crippen LogP contribution in [0.3, 0.4) is 0 Å². The average molecular weight is 371 g/mol. The van der Waals surface area contributed by atoms with Crippen molar-refractivity contribution in [2.24, 2.45) is 0 Å². The van der Waals surface area contributed by atoms with E-state index in [1.807, 2.05) is 24.3 Å². The molecule has 5 rings (SSSR count). The van der Waals surface area contributed by atoms with E-state index in [1.165, 1.54) is 16.8 Å². The SMILES string of the molecule is O=c1cnc2cccnc2n1Cc1ccc(-c2cccc3[nH]ncc23)cc1F. The third-order valence-electron chi connectivity index (χ3n) is 4.78. The van der Waals surface area contributed by atoms with Gasteiger partial charge < -0.3 is 0 Å². The van der Waals surface area contributed by atoms with Crippen molar-refractivity contribution in [2.75, 3.05) is 0 Å². The third kappa shape index (κ3) is 2.64. The Morgan fingerprint density at radius 2 is 1.96 bits per heavy atom. The van der Waals surface area contributed by atoms with Gasteiger partial charge in [0, 0.05) is 17.1 Å². The van der Waals surface area contributed by atoms with Crippen LogP contribution in [0, 0.1) is 5.82 Å². The lowest BCUT2D eigenvalue weighted by molar-refractivity contribution is 0.599. The minimum atomic E-state index is -0.384. The maximum absolute atomic E-state index is 14.9. The number of nitrogens with zero attached hydrogens (tertiary/aromatic N) is 4. The van der Waals surface area contributed by atoms with Gasteiger partial charge in [0.2, 0.25) is 0 Å². The summed E-state index contributed by atoms with van der Waals surface area (Å²) in [5.41, 5.74) is 3.64. The molecule has 0 atom stereocenters. The molecule has 3 heterocycles. The van der Waals surface area contributed by atoms with Crippen LogP contribution in [0.1, 0.15) is 5.56 Å². The van der Waals surface area contributed by atoms with Gasteiger partial charge in [-0.3, -0.25) is 14.5 Å². The van der Waals surface area contributed by atoms with Crippen LogP contribution in [0.25, 0.3) is 33.2 Å². The molecule has 5 aromatic rings. The quantitative estimate of drug-likeness (QED) is 0.526. The number of aromatic nitrogens is 5. The van der Waals surface area contributed by atoms with Crippen LogP contribution in [-0.2, 0) is 6.54 Å². The predicted octanol–water partition coefficient (Wildman–Crippen LogP) is 3.52. The summed E-state index contributed by atoms with van der Waals surface area (Å²) in [5, 5.41) is 7.90. The van der Waals surface area contributed by atoms with Crippen molar-refractivity contribution in [3.63, 3.8) is 0 Å². The van der Waals surface area contributed by atoms with Crippen molar-refractivity contribution in [1.29, 1.82) is 0 Å². The Balaban J connectivity index is 1.58. The minimum Gasteiger partial charge on any atom is -0.285 e. The van der Waals surface area contributed by atoms with Gasteiger partial charge in [0.05, 0.1) is 24.5 Å². The summed E-state index contributed by atoms with van der Waals surface area (Å²) in [6.07, 6.45) is 4.55. The van der Waals surface area contributed by atoms with Crippen molar-refractivity contribution in [2.45, 2.75) is 6.54 Å². The second kappa shape index (κ2) is 6.38. The predicted molar refractivity (Wildman–Crippen MR) is 104 cm³/mol. The molecule has 0 radical (unpaired) electrons. The molecule has 1 N–H and O–H groups in total. The second-order valence-electron chi connectivity index (χ2n) is 6.47. The molecule has 0 aliphatic rings. The minimum absolute atomic E-state index is 0.0802. The van der Waals surface area contributed by atoms with Crippen LogP contribution < -0.4 is 5.56 Å². The van der Waals surface area contributed by atoms with Gasteiger partial charge in [-0.25, -0.2) is 14.4 Å². The van der Waals surface area contributed by atoms with Gasteiger partial charge in [-0.15, -0.1) is 0 Å². The van der Waals surface area contributed by atoms with E-state index in [9.17, 15) is 9.18 Å². The Bertz CT molecular complexity index is 1390. The fourth-order valence-electron chi connectivity index (χ4n) is 3.38. The number of halogens is 1. The molecular formula is C21H14FN5O. The van der Waals surface area contributed by atoms with E-state index in [1.54, 1.807) is 30.6 Å². The Hall–Kier alpha value is -3.87. The van der Waals surface area contributed by atoms with Gasteiger partial charge in [0.15, 0.2) is 5.65 Å². The first kappa shape index (κ1) is 16.3. The molecule has 0 unspecified atom stereocenters. The molecule has 0 aliphatic carbocycles. The molecule has 0 aliphatic heterocycles. The van der Waals surface area contributed by atoms with Crippen LogP contribution in [0.4, 0.5) is 4.39 Å². The Morgan fingerprint density at radius 1 is 1.04 bits per heavy atom. The number of pyridine rings is 1. The number of aromatic amines is 1. The number of hydrogen-bond donors (Lipinski definition) is 1. The third-order valence-corrected chi connectivity index (χ3v) is 4.78. The van der Waals surface area contributed by atoms with E-state index in [2.05, 4.69) is 20.2 Å². The number of rotatable bonds is 3. The molecule has 3 aromatic heterocycles. The number of hydrogen-bond acceptors (Lipinski definition) is 4. The largest absolute Gasteiger partial charge is 0.285 e. The molecular weight excluding hydrogens is 357 g/mol. The van der Waals surface area contributed by atoms with E-state index in [-0.39, 0.29) is 17.9 Å². The lowest BCUT2D eigenvalue weighted by Gasteiger charge is -2.11. The van der Waals surface area contributed by atoms with Gasteiger partial charge >= 0.3 is 0 Å². The van der Waals surface area contributed by atoms with Crippen molar-refractivity contribution in [3.05, 3.63) is 88.9 Å². The average Bonchev–Trinajstić information content (AvgIpc) is 3.20. The first-order valence-corrected chi connectivity index (χ1v) is 8.72. The second-order valence-corrected chi connectivity index (χ2v) is 6.47. The number of fused-ring (bicyclic) bond motifs is 2. The van der Waals surface area contributed by atoms with E-state index >= 15 is 0 Å². The summed E-state index contributed by atoms with van der Waals surface area (Å²) in [6, 6.07) is 14.3. The molecule has 7 heteroatoms. The summed E-state index contributed by atoms with van der Waals surface area (Å²) < 4.78 is 16.3. The molecule has 0 amide bonds. The highest BCUT2D eigenvalue weighted by Gasteiger charge is 2.12. The Morgan fingerprint density at radius 3 is 2.86 bits per heavy atom. The Labute approximate surface area is 158 Å². The topological polar surface area (TPSA) is 76.5 Å². The van der Waals surface area contributed by atoms with Crippen molar-refractivity contribution in [3.8, 4) is 11.1 Å². The van der Waals surface area contributed by atoms with Gasteiger partial charge in [0.1, 0.15) is 11.3 Å². The van der Waals surface area contributed by atoms with E-state index in [0.717, 1.165) is 22.0 Å². The standard InChI is InChI=1S/C21H14FN5O/c22-17-9-13(15-3-1-4-18-16(15)10-25-26-18)6-7-14(17)12-27-20(28)11-24-19-5-2-8-23-21(19)27/h1-11H,12H2,(H,25,26). The lowest BCUT2D eigenvalue weighted by atomic mass is 10.0. The van der Waals surface area contributed by atoms with Gasteiger partial charge in [-0.05, 0) is 35.4 Å². The van der Waals surface area contributed by atoms with Crippen molar-refractivity contribution < 1.29 is 4.39 Å². The molecule has 0 spiro atoms. The summed E-state index contributed by atoms with van der Waals surface area (Å²) in [6.45, 7) is 0.0802. The van der Waals surface area contributed by atoms with Crippen LogP contribution in [-0.4, -0.2) is 24.7 Å². The highest BCUT2D eigenvalue weighted by molar-refractivity contribution is 5.94. The molecule has 2 aromatic carbocycles. The highest BCUT2D eigenvalue weighted by atomic mass is 19.1. The van der Waals surface area contributed by atoms with Crippen LogP contribution >= 0.6 is 0 Å². The fourth-order valence-corrected chi connectivity index (χ4v) is 3.38. The highest BCUT2D eigenvalue weighted by Crippen LogP contribution is 2.29. The summed E-state index contributed by atoms with van der Waals surface area (Å²) in [7, 11) is 0. The lowest BCUT2D eigenvalue weighted by Crippen LogP contribution is -2.22. The normalized spacial score (nSPS) is 11.3. The fraction of sp³-hybridized carbons (Fsp3) is 0.0476. The molecule has 28 heavy (non-hydrogen) atoms. The van der Waals surface area contributed by atoms with E-state index in [0.29, 0.717) is 16.7 Å². The van der Waals surface area contributed by atoms with Crippen LogP contribution in [0.2, 0.25) is 0 Å². The molecule has 136 valence electrons. The maximum Gasteiger partial charge on any atom is 0.270 e. The number of H-pyrrole nitrogens is 1. The van der Waals surface area contributed by atoms with Gasteiger partial charge in [0.25, 0.3) is 5.56 Å². The number of benzene rings is 2. The molecule has 0 saturated carbocycles. The van der Waals surface area contributed by atoms with Crippen LogP contribution in [0.15, 0.2) is 71.9 Å². The zero-order valence-electron chi connectivity index (χ0n) is 14.6. The summed E-state index contributed by atoms with van der Waals surface area (Å²) in [5.74, 6) is -0.384. The van der Waals surface area contributed by atoms with Gasteiger partial charge in [-0.2, -0.15) is 5.10 Å². The smallest absolute Gasteiger partial charge is 0.270 e. The van der Waals surface area contributed by atoms with Crippen molar-refractivity contribution in [1.82, 2.24) is 24.7 Å². The first-order chi connectivity index (χ1) is 13.7.